The predicted octanol–water partition coefficient (Wildman–Crippen LogP) is 3.67. The van der Waals surface area contributed by atoms with E-state index in [2.05, 4.69) is 25.0 Å². The van der Waals surface area contributed by atoms with Crippen LogP contribution in [0, 0.1) is 11.6 Å². The summed E-state index contributed by atoms with van der Waals surface area (Å²) in [6, 6.07) is 2.78. The average molecular weight is 537 g/mol. The van der Waals surface area contributed by atoms with Crippen molar-refractivity contribution >= 4 is 38.7 Å². The molecule has 36 heavy (non-hydrogen) atoms. The van der Waals surface area contributed by atoms with Gasteiger partial charge in [-0.25, -0.2) is 27.2 Å². The first kappa shape index (κ1) is 25.3. The molecule has 1 amide bonds. The van der Waals surface area contributed by atoms with Crippen LogP contribution < -0.4 is 14.8 Å². The summed E-state index contributed by atoms with van der Waals surface area (Å²) in [6.45, 7) is 3.58. The highest BCUT2D eigenvalue weighted by Crippen LogP contribution is 2.32. The Balaban J connectivity index is 1.74. The van der Waals surface area contributed by atoms with E-state index in [1.807, 2.05) is 0 Å². The number of sulfonamides is 1. The number of hydrogen-bond acceptors (Lipinski definition) is 7. The Hall–Kier alpha value is -3.84. The fraction of sp³-hybridized carbons (Fsp3) is 0.182. The van der Waals surface area contributed by atoms with Crippen molar-refractivity contribution in [1.82, 2.24) is 24.7 Å². The second-order valence-electron chi connectivity index (χ2n) is 7.84. The summed E-state index contributed by atoms with van der Waals surface area (Å²) in [6.07, 6.45) is 5.01. The van der Waals surface area contributed by atoms with Crippen molar-refractivity contribution in [2.75, 3.05) is 11.8 Å². The molecule has 14 heteroatoms. The topological polar surface area (TPSA) is 128 Å². The number of halogens is 3. The molecule has 3 heterocycles. The van der Waals surface area contributed by atoms with E-state index < -0.39 is 43.7 Å². The number of ether oxygens (including phenoxy) is 1. The van der Waals surface area contributed by atoms with Crippen LogP contribution in [0.15, 0.2) is 48.0 Å². The molecule has 0 unspecified atom stereocenters. The number of carbonyl (C=O) groups excluding carboxylic acids is 1. The lowest BCUT2D eigenvalue weighted by atomic mass is 10.1. The van der Waals surface area contributed by atoms with Gasteiger partial charge in [-0.3, -0.25) is 14.5 Å². The fourth-order valence-electron chi connectivity index (χ4n) is 3.35. The van der Waals surface area contributed by atoms with Crippen LogP contribution in [0.4, 0.5) is 14.5 Å². The summed E-state index contributed by atoms with van der Waals surface area (Å²) < 4.78 is 64.4. The van der Waals surface area contributed by atoms with Gasteiger partial charge in [-0.05, 0) is 32.0 Å². The molecule has 1 aromatic carbocycles. The van der Waals surface area contributed by atoms with Gasteiger partial charge in [-0.15, -0.1) is 0 Å². The molecule has 188 valence electrons. The maximum Gasteiger partial charge on any atom is 0.272 e. The number of aromatic nitrogens is 4. The molecule has 0 aliphatic carbocycles. The van der Waals surface area contributed by atoms with Crippen molar-refractivity contribution in [3.8, 4) is 17.1 Å². The Kier molecular flexibility index (Phi) is 6.78. The molecule has 0 spiro atoms. The summed E-state index contributed by atoms with van der Waals surface area (Å²) in [4.78, 5) is 23.8. The smallest absolute Gasteiger partial charge is 0.272 e. The first-order valence-electron chi connectivity index (χ1n) is 10.4. The van der Waals surface area contributed by atoms with E-state index in [4.69, 9.17) is 16.3 Å². The molecule has 0 aliphatic heterocycles. The van der Waals surface area contributed by atoms with Crippen molar-refractivity contribution < 1.29 is 26.7 Å². The van der Waals surface area contributed by atoms with Gasteiger partial charge in [0.1, 0.15) is 12.1 Å². The van der Waals surface area contributed by atoms with Crippen molar-refractivity contribution in [3.05, 3.63) is 65.5 Å². The third-order valence-corrected chi connectivity index (χ3v) is 6.48. The van der Waals surface area contributed by atoms with Crippen molar-refractivity contribution in [2.45, 2.75) is 24.8 Å². The van der Waals surface area contributed by atoms with Crippen LogP contribution in [-0.2, 0) is 10.0 Å². The molecule has 0 saturated heterocycles. The maximum atomic E-state index is 15.4. The third kappa shape index (κ3) is 4.79. The highest BCUT2D eigenvalue weighted by molar-refractivity contribution is 7.92. The minimum Gasteiger partial charge on any atom is -0.480 e. The molecule has 4 rings (SSSR count). The first-order valence-corrected chi connectivity index (χ1v) is 12.2. The number of anilines is 1. The summed E-state index contributed by atoms with van der Waals surface area (Å²) >= 11 is 5.86. The van der Waals surface area contributed by atoms with E-state index in [0.717, 1.165) is 18.2 Å². The zero-order chi connectivity index (χ0) is 26.2. The number of pyridine rings is 1. The molecule has 0 fully saturated rings. The molecule has 0 radical (unpaired) electrons. The Bertz CT molecular complexity index is 1590. The number of rotatable bonds is 7. The van der Waals surface area contributed by atoms with Gasteiger partial charge in [0.25, 0.3) is 15.9 Å². The van der Waals surface area contributed by atoms with E-state index >= 15 is 4.39 Å². The largest absolute Gasteiger partial charge is 0.480 e. The number of benzene rings is 1. The van der Waals surface area contributed by atoms with Crippen LogP contribution in [0.3, 0.4) is 0 Å². The van der Waals surface area contributed by atoms with Gasteiger partial charge in [-0.2, -0.15) is 0 Å². The molecular formula is C22H19ClF2N6O4S. The van der Waals surface area contributed by atoms with E-state index in [0.29, 0.717) is 5.52 Å². The predicted molar refractivity (Wildman–Crippen MR) is 128 cm³/mol. The summed E-state index contributed by atoms with van der Waals surface area (Å²) in [5.74, 6) is -2.89. The van der Waals surface area contributed by atoms with Crippen LogP contribution in [0.5, 0.6) is 5.88 Å². The SMILES string of the molecule is COc1ncc(Cl)cc1S(=O)(=O)Nc1ccc(F)c(-c2cn3cnc(C(=O)NC(C)C)c3cn2)c1F. The zero-order valence-corrected chi connectivity index (χ0v) is 20.7. The molecule has 0 saturated carbocycles. The molecule has 4 aromatic rings. The van der Waals surface area contributed by atoms with Gasteiger partial charge in [0.05, 0.1) is 40.8 Å². The Morgan fingerprint density at radius 1 is 1.17 bits per heavy atom. The van der Waals surface area contributed by atoms with Crippen LogP contribution in [0.1, 0.15) is 24.3 Å². The maximum absolute atomic E-state index is 15.4. The number of imidazole rings is 1. The molecular weight excluding hydrogens is 518 g/mol. The Morgan fingerprint density at radius 2 is 1.92 bits per heavy atom. The van der Waals surface area contributed by atoms with E-state index in [-0.39, 0.29) is 28.3 Å². The number of amides is 1. The van der Waals surface area contributed by atoms with Crippen LogP contribution >= 0.6 is 11.6 Å². The van der Waals surface area contributed by atoms with Crippen molar-refractivity contribution in [3.63, 3.8) is 0 Å². The monoisotopic (exact) mass is 536 g/mol. The number of nitrogens with zero attached hydrogens (tertiary/aromatic N) is 4. The van der Waals surface area contributed by atoms with Crippen LogP contribution in [0.2, 0.25) is 5.02 Å². The lowest BCUT2D eigenvalue weighted by molar-refractivity contribution is 0.0940. The van der Waals surface area contributed by atoms with Gasteiger partial charge >= 0.3 is 0 Å². The summed E-state index contributed by atoms with van der Waals surface area (Å²) in [5.41, 5.74) is -0.883. The van der Waals surface area contributed by atoms with Gasteiger partial charge in [-0.1, -0.05) is 11.6 Å². The van der Waals surface area contributed by atoms with Gasteiger partial charge in [0.15, 0.2) is 16.4 Å². The second kappa shape index (κ2) is 9.66. The van der Waals surface area contributed by atoms with Crippen LogP contribution in [-0.4, -0.2) is 46.8 Å². The number of hydrogen-bond donors (Lipinski definition) is 2. The zero-order valence-electron chi connectivity index (χ0n) is 19.1. The highest BCUT2D eigenvalue weighted by Gasteiger charge is 2.26. The lowest BCUT2D eigenvalue weighted by Gasteiger charge is -2.14. The van der Waals surface area contributed by atoms with Gasteiger partial charge in [0.2, 0.25) is 5.88 Å². The normalized spacial score (nSPS) is 11.6. The summed E-state index contributed by atoms with van der Waals surface area (Å²) in [7, 11) is -3.22. The number of methoxy groups -OCH3 is 1. The van der Waals surface area contributed by atoms with Crippen LogP contribution in [0.25, 0.3) is 16.8 Å². The quantitative estimate of drug-likeness (QED) is 0.369. The van der Waals surface area contributed by atoms with Gasteiger partial charge < -0.3 is 14.5 Å². The standard InChI is InChI=1S/C22H19ClF2N6O4S/c1-11(2)29-21(32)20-16-8-26-15(9-31(16)10-28-20)18-13(24)4-5-14(19(18)25)30-36(33,34)17-6-12(23)7-27-22(17)35-3/h4-11,30H,1-3H3,(H,29,32). The minimum absolute atomic E-state index is 0.00993. The molecule has 0 atom stereocenters. The summed E-state index contributed by atoms with van der Waals surface area (Å²) in [5, 5.41) is 2.72. The van der Waals surface area contributed by atoms with Crippen molar-refractivity contribution in [2.24, 2.45) is 0 Å². The Morgan fingerprint density at radius 3 is 2.61 bits per heavy atom. The molecule has 10 nitrogen and oxygen atoms in total. The average Bonchev–Trinajstić information content (AvgIpc) is 3.24. The third-order valence-electron chi connectivity index (χ3n) is 4.91. The van der Waals surface area contributed by atoms with E-state index in [1.165, 1.54) is 36.4 Å². The molecule has 3 aromatic heterocycles. The highest BCUT2D eigenvalue weighted by atomic mass is 35.5. The first-order chi connectivity index (χ1) is 17.0. The Labute approximate surface area is 209 Å². The second-order valence-corrected chi connectivity index (χ2v) is 9.92. The molecule has 2 N–H and O–H groups in total. The molecule has 0 aliphatic rings. The van der Waals surface area contributed by atoms with E-state index in [9.17, 15) is 17.6 Å². The molecule has 0 bridgehead atoms. The van der Waals surface area contributed by atoms with E-state index in [1.54, 1.807) is 13.8 Å². The van der Waals surface area contributed by atoms with Gasteiger partial charge in [0, 0.05) is 18.4 Å². The number of nitrogens with one attached hydrogen (secondary N) is 2. The minimum atomic E-state index is -4.43. The van der Waals surface area contributed by atoms with Crippen molar-refractivity contribution in [1.29, 1.82) is 0 Å². The number of fused-ring (bicyclic) bond motifs is 1. The number of carbonyl (C=O) groups is 1. The lowest BCUT2D eigenvalue weighted by Crippen LogP contribution is -2.30. The fourth-order valence-corrected chi connectivity index (χ4v) is 4.78.